The zero-order valence-electron chi connectivity index (χ0n) is 13.8. The molecule has 1 aliphatic heterocycles. The molecule has 0 spiro atoms. The van der Waals surface area contributed by atoms with Gasteiger partial charge in [0.25, 0.3) is 0 Å². The molecule has 0 saturated carbocycles. The highest BCUT2D eigenvalue weighted by molar-refractivity contribution is 8.14. The summed E-state index contributed by atoms with van der Waals surface area (Å²) in [6, 6.07) is 0. The third-order valence-electron chi connectivity index (χ3n) is 3.58. The fourth-order valence-electron chi connectivity index (χ4n) is 2.22. The van der Waals surface area contributed by atoms with E-state index in [1.54, 1.807) is 0 Å². The molecule has 0 amide bonds. The van der Waals surface area contributed by atoms with Gasteiger partial charge in [0.2, 0.25) is 0 Å². The van der Waals surface area contributed by atoms with E-state index >= 15 is 0 Å². The van der Waals surface area contributed by atoms with Crippen molar-refractivity contribution in [2.24, 2.45) is 5.16 Å². The standard InChI is InChI=1S/C13H25NO9S2/c1-2-3-4-5-6-9(14-23-25(19,20)21)24-13-12(18)11(17)10(16)8(7-15)22-13/h8,10-13,15-18H,2-7H2,1H3,(H,19,20,21). The molecule has 12 heteroatoms. The monoisotopic (exact) mass is 403 g/mol. The van der Waals surface area contributed by atoms with Gasteiger partial charge in [-0.3, -0.25) is 4.55 Å². The van der Waals surface area contributed by atoms with Gasteiger partial charge in [0.05, 0.1) is 6.61 Å². The Morgan fingerprint density at radius 1 is 1.16 bits per heavy atom. The van der Waals surface area contributed by atoms with E-state index in [9.17, 15) is 28.8 Å². The number of rotatable bonds is 9. The summed E-state index contributed by atoms with van der Waals surface area (Å²) in [5.74, 6) is 0. The van der Waals surface area contributed by atoms with Crippen molar-refractivity contribution in [2.45, 2.75) is 68.9 Å². The second-order valence-electron chi connectivity index (χ2n) is 5.61. The van der Waals surface area contributed by atoms with E-state index in [0.29, 0.717) is 12.8 Å². The quantitative estimate of drug-likeness (QED) is 0.113. The van der Waals surface area contributed by atoms with Gasteiger partial charge in [-0.25, -0.2) is 4.28 Å². The first kappa shape index (κ1) is 22.6. The van der Waals surface area contributed by atoms with Crippen LogP contribution in [0.5, 0.6) is 0 Å². The van der Waals surface area contributed by atoms with E-state index in [1.165, 1.54) is 0 Å². The summed E-state index contributed by atoms with van der Waals surface area (Å²) in [6.45, 7) is 1.45. The Kier molecular flexibility index (Phi) is 9.59. The fourth-order valence-corrected chi connectivity index (χ4v) is 3.56. The van der Waals surface area contributed by atoms with Gasteiger partial charge in [0, 0.05) is 0 Å². The number of hydrogen-bond acceptors (Lipinski definition) is 10. The average Bonchev–Trinajstić information content (AvgIpc) is 2.55. The maximum atomic E-state index is 10.7. The molecule has 10 nitrogen and oxygen atoms in total. The summed E-state index contributed by atoms with van der Waals surface area (Å²) in [7, 11) is -4.78. The minimum atomic E-state index is -4.78. The highest BCUT2D eigenvalue weighted by Gasteiger charge is 2.44. The predicted molar refractivity (Wildman–Crippen MR) is 90.2 cm³/mol. The lowest BCUT2D eigenvalue weighted by molar-refractivity contribution is -0.205. The molecular formula is C13H25NO9S2. The fraction of sp³-hybridized carbons (Fsp3) is 0.923. The van der Waals surface area contributed by atoms with Gasteiger partial charge in [0.15, 0.2) is 0 Å². The molecule has 1 saturated heterocycles. The van der Waals surface area contributed by atoms with Gasteiger partial charge in [-0.2, -0.15) is 8.42 Å². The van der Waals surface area contributed by atoms with E-state index in [4.69, 9.17) is 9.29 Å². The molecule has 148 valence electrons. The lowest BCUT2D eigenvalue weighted by Crippen LogP contribution is -2.57. The van der Waals surface area contributed by atoms with Crippen LogP contribution in [0.4, 0.5) is 0 Å². The summed E-state index contributed by atoms with van der Waals surface area (Å²) >= 11 is 0.792. The summed E-state index contributed by atoms with van der Waals surface area (Å²) in [5, 5.41) is 42.2. The molecule has 5 unspecified atom stereocenters. The Balaban J connectivity index is 2.80. The lowest BCUT2D eigenvalue weighted by Gasteiger charge is -2.39. The van der Waals surface area contributed by atoms with Gasteiger partial charge in [-0.1, -0.05) is 43.1 Å². The van der Waals surface area contributed by atoms with Crippen molar-refractivity contribution >= 4 is 27.2 Å². The zero-order valence-corrected chi connectivity index (χ0v) is 15.4. The Hall–Kier alpha value is -0.470. The number of thioether (sulfide) groups is 1. The van der Waals surface area contributed by atoms with Crippen molar-refractivity contribution in [3.05, 3.63) is 0 Å². The number of nitrogens with zero attached hydrogens (tertiary/aromatic N) is 1. The van der Waals surface area contributed by atoms with Crippen LogP contribution in [-0.2, 0) is 19.4 Å². The molecule has 0 aliphatic carbocycles. The van der Waals surface area contributed by atoms with Gasteiger partial charge in [-0.15, -0.1) is 0 Å². The van der Waals surface area contributed by atoms with E-state index < -0.39 is 46.9 Å². The number of aliphatic hydroxyl groups is 4. The van der Waals surface area contributed by atoms with Crippen LogP contribution in [0.15, 0.2) is 5.16 Å². The van der Waals surface area contributed by atoms with Crippen LogP contribution in [0.2, 0.25) is 0 Å². The number of hydrogen-bond donors (Lipinski definition) is 5. The predicted octanol–water partition coefficient (Wildman–Crippen LogP) is -0.377. The average molecular weight is 403 g/mol. The Bertz CT molecular complexity index is 526. The second-order valence-corrected chi connectivity index (χ2v) is 7.79. The van der Waals surface area contributed by atoms with Crippen molar-refractivity contribution < 1.29 is 42.4 Å². The minimum Gasteiger partial charge on any atom is -0.394 e. The summed E-state index contributed by atoms with van der Waals surface area (Å²) in [5.41, 5.74) is -1.11. The van der Waals surface area contributed by atoms with Crippen molar-refractivity contribution in [2.75, 3.05) is 6.61 Å². The molecule has 1 rings (SSSR count). The molecule has 1 fully saturated rings. The van der Waals surface area contributed by atoms with Crippen LogP contribution in [0.25, 0.3) is 0 Å². The largest absolute Gasteiger partial charge is 0.466 e. The van der Waals surface area contributed by atoms with Crippen molar-refractivity contribution in [1.82, 2.24) is 0 Å². The summed E-state index contributed by atoms with van der Waals surface area (Å²) < 4.78 is 39.4. The highest BCUT2D eigenvalue weighted by Crippen LogP contribution is 2.30. The molecule has 0 radical (unpaired) electrons. The van der Waals surface area contributed by atoms with Crippen molar-refractivity contribution in [3.63, 3.8) is 0 Å². The van der Waals surface area contributed by atoms with Gasteiger partial charge in [-0.05, 0) is 12.8 Å². The number of ether oxygens (including phenoxy) is 1. The summed E-state index contributed by atoms with van der Waals surface area (Å²) in [4.78, 5) is 0. The van der Waals surface area contributed by atoms with Crippen LogP contribution in [0.1, 0.15) is 39.0 Å². The van der Waals surface area contributed by atoms with Crippen LogP contribution >= 0.6 is 11.8 Å². The molecule has 5 N–H and O–H groups in total. The number of unbranched alkanes of at least 4 members (excludes halogenated alkanes) is 3. The third-order valence-corrected chi connectivity index (χ3v) is 5.01. The molecule has 0 aromatic carbocycles. The van der Waals surface area contributed by atoms with E-state index in [-0.39, 0.29) is 5.04 Å². The number of oxime groups is 1. The van der Waals surface area contributed by atoms with E-state index in [2.05, 4.69) is 9.44 Å². The minimum absolute atomic E-state index is 0.123. The zero-order chi connectivity index (χ0) is 19.0. The molecule has 1 aliphatic rings. The maximum absolute atomic E-state index is 10.7. The Labute approximate surface area is 150 Å². The topological polar surface area (TPSA) is 166 Å². The maximum Gasteiger partial charge on any atom is 0.466 e. The van der Waals surface area contributed by atoms with Crippen LogP contribution in [0.3, 0.4) is 0 Å². The van der Waals surface area contributed by atoms with Crippen LogP contribution in [-0.4, -0.2) is 74.9 Å². The van der Waals surface area contributed by atoms with Crippen molar-refractivity contribution in [3.8, 4) is 0 Å². The molecule has 0 aromatic rings. The first-order valence-electron chi connectivity index (χ1n) is 7.89. The first-order valence-corrected chi connectivity index (χ1v) is 10.1. The number of aliphatic hydroxyl groups excluding tert-OH is 4. The SMILES string of the molecule is CCCCCCC(=NOS(=O)(=O)O)SC1OC(CO)C(O)C(O)C1O. The molecule has 25 heavy (non-hydrogen) atoms. The van der Waals surface area contributed by atoms with Gasteiger partial charge < -0.3 is 25.2 Å². The molecule has 0 aromatic heterocycles. The van der Waals surface area contributed by atoms with Crippen LogP contribution in [0, 0.1) is 0 Å². The summed E-state index contributed by atoms with van der Waals surface area (Å²) in [6.07, 6.45) is -1.83. The molecule has 5 atom stereocenters. The Morgan fingerprint density at radius 3 is 2.40 bits per heavy atom. The van der Waals surface area contributed by atoms with Crippen molar-refractivity contribution in [1.29, 1.82) is 0 Å². The van der Waals surface area contributed by atoms with Gasteiger partial charge in [0.1, 0.15) is 34.9 Å². The Morgan fingerprint density at radius 2 is 1.84 bits per heavy atom. The molecule has 1 heterocycles. The lowest BCUT2D eigenvalue weighted by atomic mass is 10.0. The first-order chi connectivity index (χ1) is 11.7. The van der Waals surface area contributed by atoms with Gasteiger partial charge >= 0.3 is 10.4 Å². The highest BCUT2D eigenvalue weighted by atomic mass is 32.3. The second kappa shape index (κ2) is 10.6. The van der Waals surface area contributed by atoms with Crippen LogP contribution < -0.4 is 0 Å². The van der Waals surface area contributed by atoms with E-state index in [0.717, 1.165) is 31.0 Å². The molecular weight excluding hydrogens is 378 g/mol. The normalized spacial score (nSPS) is 31.1. The molecule has 0 bridgehead atoms. The smallest absolute Gasteiger partial charge is 0.394 e. The third kappa shape index (κ3) is 7.74. The van der Waals surface area contributed by atoms with E-state index in [1.807, 2.05) is 6.92 Å².